The standard InChI is InChI=1S/C14H21ClN2O2S2/c1-10-7-13(20-14(10)15)21(18,19)17(12-4-5-12)9-11-3-2-6-16-8-11/h7,11-12,16H,2-6,8-9H2,1H3. The van der Waals surface area contributed by atoms with E-state index < -0.39 is 10.0 Å². The summed E-state index contributed by atoms with van der Waals surface area (Å²) >= 11 is 7.23. The summed E-state index contributed by atoms with van der Waals surface area (Å²) in [6, 6.07) is 1.90. The molecule has 0 spiro atoms. The van der Waals surface area contributed by atoms with Crippen molar-refractivity contribution >= 4 is 33.0 Å². The number of sulfonamides is 1. The fraction of sp³-hybridized carbons (Fsp3) is 0.714. The molecular formula is C14H21ClN2O2S2. The van der Waals surface area contributed by atoms with Crippen molar-refractivity contribution in [2.75, 3.05) is 19.6 Å². The van der Waals surface area contributed by atoms with Crippen LogP contribution in [0.3, 0.4) is 0 Å². The summed E-state index contributed by atoms with van der Waals surface area (Å²) in [6.07, 6.45) is 4.21. The lowest BCUT2D eigenvalue weighted by atomic mass is 10.00. The van der Waals surface area contributed by atoms with Gasteiger partial charge in [0, 0.05) is 12.6 Å². The molecule has 1 aliphatic heterocycles. The molecule has 3 rings (SSSR count). The summed E-state index contributed by atoms with van der Waals surface area (Å²) in [6.45, 7) is 4.45. The van der Waals surface area contributed by atoms with Crippen LogP contribution >= 0.6 is 22.9 Å². The highest BCUT2D eigenvalue weighted by Gasteiger charge is 2.40. The molecule has 0 amide bonds. The normalized spacial score (nSPS) is 23.7. The smallest absolute Gasteiger partial charge is 0.252 e. The van der Waals surface area contributed by atoms with Gasteiger partial charge in [-0.15, -0.1) is 11.3 Å². The predicted molar refractivity (Wildman–Crippen MR) is 86.6 cm³/mol. The molecule has 1 saturated carbocycles. The number of thiophene rings is 1. The van der Waals surface area contributed by atoms with Gasteiger partial charge in [-0.05, 0) is 63.2 Å². The van der Waals surface area contributed by atoms with Gasteiger partial charge in [-0.2, -0.15) is 4.31 Å². The number of aryl methyl sites for hydroxylation is 1. The van der Waals surface area contributed by atoms with Gasteiger partial charge in [0.2, 0.25) is 0 Å². The van der Waals surface area contributed by atoms with E-state index in [0.29, 0.717) is 21.0 Å². The summed E-state index contributed by atoms with van der Waals surface area (Å²) in [7, 11) is -3.40. The molecule has 1 N–H and O–H groups in total. The van der Waals surface area contributed by atoms with Crippen LogP contribution in [-0.2, 0) is 10.0 Å². The van der Waals surface area contributed by atoms with Crippen LogP contribution in [0.1, 0.15) is 31.2 Å². The Morgan fingerprint density at radius 3 is 2.71 bits per heavy atom. The van der Waals surface area contributed by atoms with E-state index in [1.807, 2.05) is 6.92 Å². The first-order valence-electron chi connectivity index (χ1n) is 7.47. The molecule has 21 heavy (non-hydrogen) atoms. The quantitative estimate of drug-likeness (QED) is 0.890. The molecule has 2 aliphatic rings. The number of nitrogens with zero attached hydrogens (tertiary/aromatic N) is 1. The Bertz CT molecular complexity index is 585. The molecular weight excluding hydrogens is 328 g/mol. The topological polar surface area (TPSA) is 49.4 Å². The zero-order valence-corrected chi connectivity index (χ0v) is 14.5. The summed E-state index contributed by atoms with van der Waals surface area (Å²) < 4.78 is 28.5. The third-order valence-corrected chi connectivity index (χ3v) is 8.11. The van der Waals surface area contributed by atoms with Crippen LogP contribution < -0.4 is 5.32 Å². The monoisotopic (exact) mass is 348 g/mol. The van der Waals surface area contributed by atoms with E-state index >= 15 is 0 Å². The number of nitrogens with one attached hydrogen (secondary N) is 1. The van der Waals surface area contributed by atoms with Crippen LogP contribution in [0.15, 0.2) is 10.3 Å². The molecule has 0 aromatic carbocycles. The van der Waals surface area contributed by atoms with Gasteiger partial charge in [-0.1, -0.05) is 11.6 Å². The Morgan fingerprint density at radius 2 is 2.19 bits per heavy atom. The van der Waals surface area contributed by atoms with E-state index in [9.17, 15) is 8.42 Å². The molecule has 1 aromatic heterocycles. The summed E-state index contributed by atoms with van der Waals surface area (Å²) in [5.41, 5.74) is 0.843. The molecule has 118 valence electrons. The molecule has 1 atom stereocenters. The SMILES string of the molecule is Cc1cc(S(=O)(=O)N(CC2CCCNC2)C2CC2)sc1Cl. The Labute approximate surface area is 135 Å². The Hall–Kier alpha value is -0.140. The first-order chi connectivity index (χ1) is 9.98. The fourth-order valence-electron chi connectivity index (χ4n) is 2.81. The first kappa shape index (κ1) is 15.7. The minimum atomic E-state index is -3.40. The minimum Gasteiger partial charge on any atom is -0.316 e. The number of halogens is 1. The highest BCUT2D eigenvalue weighted by molar-refractivity contribution is 7.91. The zero-order chi connectivity index (χ0) is 15.0. The predicted octanol–water partition coefficient (Wildman–Crippen LogP) is 2.86. The van der Waals surface area contributed by atoms with E-state index in [4.69, 9.17) is 11.6 Å². The Morgan fingerprint density at radius 1 is 1.43 bits per heavy atom. The van der Waals surface area contributed by atoms with E-state index in [1.54, 1.807) is 10.4 Å². The second-order valence-electron chi connectivity index (χ2n) is 6.04. The summed E-state index contributed by atoms with van der Waals surface area (Å²) in [5, 5.41) is 3.36. The highest BCUT2D eigenvalue weighted by atomic mass is 35.5. The molecule has 0 bridgehead atoms. The molecule has 7 heteroatoms. The minimum absolute atomic E-state index is 0.193. The molecule has 1 saturated heterocycles. The van der Waals surface area contributed by atoms with Crippen molar-refractivity contribution in [2.24, 2.45) is 5.92 Å². The Kier molecular flexibility index (Phi) is 4.62. The van der Waals surface area contributed by atoms with E-state index in [1.165, 1.54) is 11.3 Å². The highest BCUT2D eigenvalue weighted by Crippen LogP contribution is 2.37. The number of rotatable bonds is 5. The third kappa shape index (κ3) is 3.45. The van der Waals surface area contributed by atoms with Crippen LogP contribution in [-0.4, -0.2) is 38.4 Å². The molecule has 0 radical (unpaired) electrons. The first-order valence-corrected chi connectivity index (χ1v) is 10.1. The molecule has 2 fully saturated rings. The summed E-state index contributed by atoms with van der Waals surface area (Å²) in [4.78, 5) is 0. The van der Waals surface area contributed by atoms with E-state index in [2.05, 4.69) is 5.32 Å². The number of piperidine rings is 1. The van der Waals surface area contributed by atoms with Gasteiger partial charge in [0.1, 0.15) is 4.21 Å². The van der Waals surface area contributed by atoms with Crippen LogP contribution in [0.2, 0.25) is 4.34 Å². The third-order valence-electron chi connectivity index (χ3n) is 4.19. The second-order valence-corrected chi connectivity index (χ2v) is 9.81. The molecule has 1 aromatic rings. The van der Waals surface area contributed by atoms with Crippen molar-refractivity contribution < 1.29 is 8.42 Å². The average molecular weight is 349 g/mol. The van der Waals surface area contributed by atoms with Gasteiger partial charge in [-0.25, -0.2) is 8.42 Å². The van der Waals surface area contributed by atoms with Crippen molar-refractivity contribution in [3.05, 3.63) is 16.0 Å². The largest absolute Gasteiger partial charge is 0.316 e. The van der Waals surface area contributed by atoms with Crippen molar-refractivity contribution in [2.45, 2.75) is 42.9 Å². The molecule has 2 heterocycles. The molecule has 1 unspecified atom stereocenters. The van der Waals surface area contributed by atoms with Crippen LogP contribution in [0, 0.1) is 12.8 Å². The van der Waals surface area contributed by atoms with Crippen molar-refractivity contribution in [1.29, 1.82) is 0 Å². The van der Waals surface area contributed by atoms with Gasteiger partial charge in [0.15, 0.2) is 0 Å². The maximum Gasteiger partial charge on any atom is 0.252 e. The number of hydrogen-bond acceptors (Lipinski definition) is 4. The van der Waals surface area contributed by atoms with Crippen LogP contribution in [0.5, 0.6) is 0 Å². The second kappa shape index (κ2) is 6.16. The lowest BCUT2D eigenvalue weighted by Gasteiger charge is -2.29. The lowest BCUT2D eigenvalue weighted by Crippen LogP contribution is -2.41. The fourth-order valence-corrected chi connectivity index (χ4v) is 6.41. The van der Waals surface area contributed by atoms with Crippen molar-refractivity contribution in [3.8, 4) is 0 Å². The summed E-state index contributed by atoms with van der Waals surface area (Å²) in [5.74, 6) is 0.422. The van der Waals surface area contributed by atoms with Gasteiger partial charge in [0.25, 0.3) is 10.0 Å². The van der Waals surface area contributed by atoms with Crippen molar-refractivity contribution in [1.82, 2.24) is 9.62 Å². The zero-order valence-electron chi connectivity index (χ0n) is 12.1. The van der Waals surface area contributed by atoms with Crippen molar-refractivity contribution in [3.63, 3.8) is 0 Å². The molecule has 1 aliphatic carbocycles. The van der Waals surface area contributed by atoms with E-state index in [-0.39, 0.29) is 6.04 Å². The van der Waals surface area contributed by atoms with Gasteiger partial charge in [0.05, 0.1) is 4.34 Å². The molecule has 4 nitrogen and oxygen atoms in total. The van der Waals surface area contributed by atoms with Crippen LogP contribution in [0.4, 0.5) is 0 Å². The Balaban J connectivity index is 1.82. The van der Waals surface area contributed by atoms with Gasteiger partial charge >= 0.3 is 0 Å². The maximum atomic E-state index is 12.9. The number of hydrogen-bond donors (Lipinski definition) is 1. The maximum absolute atomic E-state index is 12.9. The van der Waals surface area contributed by atoms with Gasteiger partial charge in [-0.3, -0.25) is 0 Å². The van der Waals surface area contributed by atoms with Crippen LogP contribution in [0.25, 0.3) is 0 Å². The van der Waals surface area contributed by atoms with E-state index in [0.717, 1.165) is 44.3 Å². The lowest BCUT2D eigenvalue weighted by molar-refractivity contribution is 0.287. The average Bonchev–Trinajstić information content (AvgIpc) is 3.23. The van der Waals surface area contributed by atoms with Gasteiger partial charge < -0.3 is 5.32 Å².